The molecule has 0 aromatic heterocycles. The van der Waals surface area contributed by atoms with Gasteiger partial charge in [0.25, 0.3) is 0 Å². The molecule has 10 atom stereocenters. The van der Waals surface area contributed by atoms with Crippen LogP contribution in [-0.4, -0.2) is 61.3 Å². The molecule has 0 aliphatic carbocycles. The van der Waals surface area contributed by atoms with Crippen molar-refractivity contribution in [1.82, 2.24) is 0 Å². The van der Waals surface area contributed by atoms with E-state index < -0.39 is 0 Å². The minimum Gasteiger partial charge on any atom is -0.466 e. The lowest BCUT2D eigenvalue weighted by molar-refractivity contribution is -0.263. The van der Waals surface area contributed by atoms with E-state index in [1.807, 2.05) is 0 Å². The fraction of sp³-hybridized carbons (Fsp3) is 0.857. The normalized spacial score (nSPS) is 39.5. The van der Waals surface area contributed by atoms with Gasteiger partial charge in [-0.2, -0.15) is 0 Å². The van der Waals surface area contributed by atoms with Crippen LogP contribution in [0.5, 0.6) is 0 Å². The third kappa shape index (κ3) is 7.30. The average Bonchev–Trinajstić information content (AvgIpc) is 2.78. The highest BCUT2D eigenvalue weighted by molar-refractivity contribution is 5.66. The Labute approximate surface area is 211 Å². The number of fused-ring (bicyclic) bond motifs is 1. The van der Waals surface area contributed by atoms with E-state index in [9.17, 15) is 9.59 Å². The Kier molecular flexibility index (Phi) is 10.2. The van der Waals surface area contributed by atoms with Crippen LogP contribution in [0.25, 0.3) is 0 Å². The van der Waals surface area contributed by atoms with E-state index in [0.717, 1.165) is 44.1 Å². The lowest BCUT2D eigenvalue weighted by atomic mass is 9.78. The minimum atomic E-state index is -0.388. The van der Waals surface area contributed by atoms with Crippen LogP contribution in [0.3, 0.4) is 0 Å². The summed E-state index contributed by atoms with van der Waals surface area (Å²) in [6, 6.07) is 0. The van der Waals surface area contributed by atoms with Crippen molar-refractivity contribution >= 4 is 11.9 Å². The first-order valence-corrected chi connectivity index (χ1v) is 13.6. The van der Waals surface area contributed by atoms with Gasteiger partial charge in [0.1, 0.15) is 6.10 Å². The lowest BCUT2D eigenvalue weighted by Crippen LogP contribution is -2.60. The standard InChI is InChI=1S/C28H46O7/c1-8-10-23-17(3)14-25-28(35-23)19(5)27(32-21(7)30)26(34-25)15-24-18(4)16(2)13-22(33-24)11-9-12-31-20(6)29/h16-17,19,22-28H,4,8-15H2,1-3,5-7H3/t16-,17-,19-,22+,23-,24?,25+,26+,27-,28+/m1/s1. The summed E-state index contributed by atoms with van der Waals surface area (Å²) in [4.78, 5) is 23.1. The molecule has 35 heavy (non-hydrogen) atoms. The fourth-order valence-corrected chi connectivity index (χ4v) is 6.07. The van der Waals surface area contributed by atoms with Gasteiger partial charge >= 0.3 is 11.9 Å². The number of hydrogen-bond donors (Lipinski definition) is 0. The van der Waals surface area contributed by atoms with Crippen LogP contribution >= 0.6 is 0 Å². The van der Waals surface area contributed by atoms with Gasteiger partial charge < -0.3 is 23.7 Å². The maximum absolute atomic E-state index is 12.0. The molecule has 3 fully saturated rings. The van der Waals surface area contributed by atoms with E-state index in [2.05, 4.69) is 34.3 Å². The van der Waals surface area contributed by atoms with Gasteiger partial charge in [0.15, 0.2) is 0 Å². The molecule has 3 saturated heterocycles. The topological polar surface area (TPSA) is 80.3 Å². The average molecular weight is 495 g/mol. The van der Waals surface area contributed by atoms with E-state index in [1.165, 1.54) is 13.8 Å². The first kappa shape index (κ1) is 28.1. The van der Waals surface area contributed by atoms with Crippen LogP contribution in [0, 0.1) is 17.8 Å². The first-order valence-electron chi connectivity index (χ1n) is 13.6. The van der Waals surface area contributed by atoms with Gasteiger partial charge in [-0.25, -0.2) is 0 Å². The number of rotatable bonds is 9. The highest BCUT2D eigenvalue weighted by atomic mass is 16.6. The Balaban J connectivity index is 1.69. The molecule has 0 aromatic carbocycles. The van der Waals surface area contributed by atoms with E-state index in [0.29, 0.717) is 24.9 Å². The summed E-state index contributed by atoms with van der Waals surface area (Å²) in [7, 11) is 0. The van der Waals surface area contributed by atoms with Gasteiger partial charge in [-0.3, -0.25) is 9.59 Å². The highest BCUT2D eigenvalue weighted by Crippen LogP contribution is 2.42. The second-order valence-corrected chi connectivity index (χ2v) is 11.0. The second kappa shape index (κ2) is 12.7. The Hall–Kier alpha value is -1.44. The van der Waals surface area contributed by atoms with Crippen LogP contribution in [0.15, 0.2) is 12.2 Å². The van der Waals surface area contributed by atoms with E-state index >= 15 is 0 Å². The zero-order valence-corrected chi connectivity index (χ0v) is 22.5. The molecule has 3 aliphatic rings. The molecule has 1 unspecified atom stereocenters. The molecule has 0 radical (unpaired) electrons. The van der Waals surface area contributed by atoms with Crippen molar-refractivity contribution in [2.24, 2.45) is 17.8 Å². The largest absolute Gasteiger partial charge is 0.466 e. The van der Waals surface area contributed by atoms with E-state index in [4.69, 9.17) is 23.7 Å². The minimum absolute atomic E-state index is 0.0151. The summed E-state index contributed by atoms with van der Waals surface area (Å²) in [6.07, 6.45) is 5.53. The number of carbonyl (C=O) groups excluding carboxylic acids is 2. The lowest BCUT2D eigenvalue weighted by Gasteiger charge is -2.51. The van der Waals surface area contributed by atoms with Crippen LogP contribution in [0.4, 0.5) is 0 Å². The molecule has 3 rings (SSSR count). The summed E-state index contributed by atoms with van der Waals surface area (Å²) < 4.78 is 30.6. The number of esters is 2. The molecule has 0 spiro atoms. The smallest absolute Gasteiger partial charge is 0.303 e. The number of ether oxygens (including phenoxy) is 5. The Morgan fingerprint density at radius 2 is 1.74 bits per heavy atom. The maximum Gasteiger partial charge on any atom is 0.303 e. The predicted molar refractivity (Wildman–Crippen MR) is 133 cm³/mol. The molecular weight excluding hydrogens is 448 g/mol. The van der Waals surface area contributed by atoms with Gasteiger partial charge in [0, 0.05) is 26.2 Å². The summed E-state index contributed by atoms with van der Waals surface area (Å²) in [6.45, 7) is 16.4. The molecule has 0 N–H and O–H groups in total. The van der Waals surface area contributed by atoms with Gasteiger partial charge in [0.2, 0.25) is 0 Å². The first-order chi connectivity index (χ1) is 16.6. The van der Waals surface area contributed by atoms with Crippen LogP contribution in [-0.2, 0) is 33.3 Å². The zero-order valence-electron chi connectivity index (χ0n) is 22.5. The molecule has 7 heteroatoms. The van der Waals surface area contributed by atoms with Crippen LogP contribution < -0.4 is 0 Å². The molecule has 7 nitrogen and oxygen atoms in total. The molecule has 0 saturated carbocycles. The number of hydrogen-bond acceptors (Lipinski definition) is 7. The van der Waals surface area contributed by atoms with E-state index in [1.54, 1.807) is 0 Å². The van der Waals surface area contributed by atoms with Crippen molar-refractivity contribution in [2.45, 2.75) is 129 Å². The van der Waals surface area contributed by atoms with Crippen LogP contribution in [0.1, 0.15) is 86.5 Å². The quantitative estimate of drug-likeness (QED) is 0.253. The fourth-order valence-electron chi connectivity index (χ4n) is 6.07. The summed E-state index contributed by atoms with van der Waals surface area (Å²) in [5.74, 6) is 0.222. The van der Waals surface area contributed by atoms with Crippen molar-refractivity contribution in [3.63, 3.8) is 0 Å². The maximum atomic E-state index is 12.0. The van der Waals surface area contributed by atoms with Gasteiger partial charge in [-0.1, -0.05) is 40.7 Å². The second-order valence-electron chi connectivity index (χ2n) is 11.0. The van der Waals surface area contributed by atoms with Gasteiger partial charge in [-0.15, -0.1) is 0 Å². The number of carbonyl (C=O) groups is 2. The molecule has 3 aliphatic heterocycles. The molecule has 200 valence electrons. The Morgan fingerprint density at radius 3 is 2.40 bits per heavy atom. The SMILES string of the molecule is C=C1C(C[C@@H]2O[C@H]3C[C@@H](C)[C@@H](CCC)O[C@H]3[C@H](C)[C@H]2OC(C)=O)O[C@@H](CCCOC(C)=O)C[C@H]1C. The van der Waals surface area contributed by atoms with Crippen LogP contribution in [0.2, 0.25) is 0 Å². The predicted octanol–water partition coefficient (Wildman–Crippen LogP) is 5.00. The molecular formula is C28H46O7. The monoisotopic (exact) mass is 494 g/mol. The van der Waals surface area contributed by atoms with E-state index in [-0.39, 0.29) is 60.6 Å². The van der Waals surface area contributed by atoms with Crippen molar-refractivity contribution in [3.05, 3.63) is 12.2 Å². The van der Waals surface area contributed by atoms with Gasteiger partial charge in [0.05, 0.1) is 43.2 Å². The summed E-state index contributed by atoms with van der Waals surface area (Å²) in [5.41, 5.74) is 1.07. The van der Waals surface area contributed by atoms with Gasteiger partial charge in [-0.05, 0) is 49.5 Å². The Bertz CT molecular complexity index is 737. The molecule has 0 amide bonds. The summed E-state index contributed by atoms with van der Waals surface area (Å²) >= 11 is 0. The summed E-state index contributed by atoms with van der Waals surface area (Å²) in [5, 5.41) is 0. The molecule has 0 aromatic rings. The van der Waals surface area contributed by atoms with Crippen molar-refractivity contribution < 1.29 is 33.3 Å². The third-order valence-corrected chi connectivity index (χ3v) is 8.01. The molecule has 0 bridgehead atoms. The highest BCUT2D eigenvalue weighted by Gasteiger charge is 2.50. The zero-order chi connectivity index (χ0) is 25.7. The molecule has 3 heterocycles. The Morgan fingerprint density at radius 1 is 1.00 bits per heavy atom. The van der Waals surface area contributed by atoms with Crippen molar-refractivity contribution in [1.29, 1.82) is 0 Å². The third-order valence-electron chi connectivity index (χ3n) is 8.01. The van der Waals surface area contributed by atoms with Crippen molar-refractivity contribution in [2.75, 3.05) is 6.61 Å². The van der Waals surface area contributed by atoms with Crippen molar-refractivity contribution in [3.8, 4) is 0 Å².